The van der Waals surface area contributed by atoms with Gasteiger partial charge in [0.15, 0.2) is 0 Å². The summed E-state index contributed by atoms with van der Waals surface area (Å²) >= 11 is 0. The van der Waals surface area contributed by atoms with Gasteiger partial charge in [-0.1, -0.05) is 36.4 Å². The molecule has 0 bridgehead atoms. The highest BCUT2D eigenvalue weighted by atomic mass is 16.5. The number of aromatic nitrogens is 1. The van der Waals surface area contributed by atoms with Gasteiger partial charge in [0.05, 0.1) is 22.7 Å². The Hall–Kier alpha value is -3.92. The number of carbonyl (C=O) groups is 1. The highest BCUT2D eigenvalue weighted by molar-refractivity contribution is 5.94. The maximum Gasteiger partial charge on any atom is 0.338 e. The lowest BCUT2D eigenvalue weighted by molar-refractivity contribution is 0.0535. The van der Waals surface area contributed by atoms with Crippen molar-refractivity contribution in [1.29, 1.82) is 5.26 Å². The molecule has 0 amide bonds. The summed E-state index contributed by atoms with van der Waals surface area (Å²) < 4.78 is 7.16. The average molecular weight is 452 g/mol. The van der Waals surface area contributed by atoms with Crippen LogP contribution in [0.15, 0.2) is 66.9 Å². The SMILES string of the molecule is Cc1c(C(O)CN(C)Cc2ccc(-n3cc(C#N)c4ccccc43)cc2)ccc2c1COC2=O. The molecule has 1 aliphatic rings. The number of fused-ring (bicyclic) bond motifs is 2. The zero-order chi connectivity index (χ0) is 23.8. The number of aliphatic hydroxyl groups is 1. The molecule has 3 aromatic carbocycles. The van der Waals surface area contributed by atoms with E-state index in [2.05, 4.69) is 35.2 Å². The van der Waals surface area contributed by atoms with Gasteiger partial charge in [-0.2, -0.15) is 5.26 Å². The number of para-hydroxylation sites is 1. The molecule has 5 rings (SSSR count). The van der Waals surface area contributed by atoms with Crippen LogP contribution in [-0.4, -0.2) is 34.1 Å². The number of likely N-dealkylation sites (N-methyl/N-ethyl adjacent to an activating group) is 1. The normalized spacial score (nSPS) is 13.7. The molecule has 1 N–H and O–H groups in total. The van der Waals surface area contributed by atoms with Crippen LogP contribution in [0.1, 0.15) is 44.3 Å². The van der Waals surface area contributed by atoms with Gasteiger partial charge in [-0.15, -0.1) is 0 Å². The number of nitrogens with zero attached hydrogens (tertiary/aromatic N) is 3. The third-order valence-corrected chi connectivity index (χ3v) is 6.55. The molecule has 1 aliphatic heterocycles. The number of aliphatic hydroxyl groups excluding tert-OH is 1. The Kier molecular flexibility index (Phi) is 5.66. The summed E-state index contributed by atoms with van der Waals surface area (Å²) in [6, 6.07) is 22.0. The number of carbonyl (C=O) groups excluding carboxylic acids is 1. The Balaban J connectivity index is 1.29. The van der Waals surface area contributed by atoms with Gasteiger partial charge in [0.1, 0.15) is 12.7 Å². The molecular formula is C28H25N3O3. The summed E-state index contributed by atoms with van der Waals surface area (Å²) in [5, 5.41) is 21.3. The van der Waals surface area contributed by atoms with Gasteiger partial charge in [0, 0.05) is 35.9 Å². The zero-order valence-electron chi connectivity index (χ0n) is 19.2. The van der Waals surface area contributed by atoms with Gasteiger partial charge in [0.2, 0.25) is 0 Å². The minimum absolute atomic E-state index is 0.273. The number of cyclic esters (lactones) is 1. The predicted molar refractivity (Wildman–Crippen MR) is 130 cm³/mol. The van der Waals surface area contributed by atoms with Gasteiger partial charge in [0.25, 0.3) is 0 Å². The van der Waals surface area contributed by atoms with Gasteiger partial charge in [-0.05, 0) is 54.9 Å². The van der Waals surface area contributed by atoms with E-state index >= 15 is 0 Å². The summed E-state index contributed by atoms with van der Waals surface area (Å²) in [6.45, 7) is 3.35. The lowest BCUT2D eigenvalue weighted by Crippen LogP contribution is -2.24. The quantitative estimate of drug-likeness (QED) is 0.432. The highest BCUT2D eigenvalue weighted by Gasteiger charge is 2.26. The van der Waals surface area contributed by atoms with E-state index in [1.165, 1.54) is 0 Å². The maximum absolute atomic E-state index is 11.8. The van der Waals surface area contributed by atoms with Crippen molar-refractivity contribution >= 4 is 16.9 Å². The van der Waals surface area contributed by atoms with E-state index < -0.39 is 6.10 Å². The fraction of sp³-hybridized carbons (Fsp3) is 0.214. The monoisotopic (exact) mass is 451 g/mol. The summed E-state index contributed by atoms with van der Waals surface area (Å²) in [4.78, 5) is 13.8. The van der Waals surface area contributed by atoms with Crippen molar-refractivity contribution in [2.45, 2.75) is 26.2 Å². The van der Waals surface area contributed by atoms with E-state index in [0.717, 1.165) is 38.8 Å². The van der Waals surface area contributed by atoms with Crippen LogP contribution in [0.5, 0.6) is 0 Å². The number of ether oxygens (including phenoxy) is 1. The van der Waals surface area contributed by atoms with E-state index in [1.807, 2.05) is 55.1 Å². The van der Waals surface area contributed by atoms with Gasteiger partial charge < -0.3 is 14.4 Å². The lowest BCUT2D eigenvalue weighted by atomic mass is 9.95. The van der Waals surface area contributed by atoms with E-state index in [9.17, 15) is 15.2 Å². The first-order valence-electron chi connectivity index (χ1n) is 11.2. The van der Waals surface area contributed by atoms with Crippen molar-refractivity contribution in [2.75, 3.05) is 13.6 Å². The number of hydrogen-bond donors (Lipinski definition) is 1. The van der Waals surface area contributed by atoms with Crippen molar-refractivity contribution in [2.24, 2.45) is 0 Å². The van der Waals surface area contributed by atoms with Crippen molar-refractivity contribution in [3.05, 3.63) is 100 Å². The van der Waals surface area contributed by atoms with E-state index in [0.29, 0.717) is 24.2 Å². The molecule has 1 unspecified atom stereocenters. The van der Waals surface area contributed by atoms with E-state index in [1.54, 1.807) is 6.07 Å². The van der Waals surface area contributed by atoms with Crippen LogP contribution in [-0.2, 0) is 17.9 Å². The molecule has 2 heterocycles. The summed E-state index contributed by atoms with van der Waals surface area (Å²) in [5.41, 5.74) is 7.00. The van der Waals surface area contributed by atoms with Crippen LogP contribution in [0.4, 0.5) is 0 Å². The molecule has 0 spiro atoms. The van der Waals surface area contributed by atoms with Crippen LogP contribution in [0.25, 0.3) is 16.6 Å². The third kappa shape index (κ3) is 3.86. The number of rotatable bonds is 6. The molecule has 0 saturated carbocycles. The molecule has 1 atom stereocenters. The molecule has 0 radical (unpaired) electrons. The summed E-state index contributed by atoms with van der Waals surface area (Å²) in [7, 11) is 1.98. The van der Waals surface area contributed by atoms with E-state index in [4.69, 9.17) is 4.74 Å². The van der Waals surface area contributed by atoms with Gasteiger partial charge in [-0.3, -0.25) is 4.90 Å². The smallest absolute Gasteiger partial charge is 0.338 e. The number of nitriles is 1. The van der Waals surface area contributed by atoms with Gasteiger partial charge in [-0.25, -0.2) is 4.79 Å². The first-order chi connectivity index (χ1) is 16.5. The Labute approximate surface area is 198 Å². The van der Waals surface area contributed by atoms with Crippen LogP contribution >= 0.6 is 0 Å². The second kappa shape index (κ2) is 8.79. The highest BCUT2D eigenvalue weighted by Crippen LogP contribution is 2.30. The predicted octanol–water partition coefficient (Wildman–Crippen LogP) is 4.65. The second-order valence-electron chi connectivity index (χ2n) is 8.80. The fourth-order valence-corrected chi connectivity index (χ4v) is 4.74. The maximum atomic E-state index is 11.8. The Bertz CT molecular complexity index is 1430. The summed E-state index contributed by atoms with van der Waals surface area (Å²) in [6.07, 6.45) is 1.21. The molecule has 1 aromatic heterocycles. The number of benzene rings is 3. The molecule has 170 valence electrons. The largest absolute Gasteiger partial charge is 0.457 e. The van der Waals surface area contributed by atoms with Crippen molar-refractivity contribution in [3.63, 3.8) is 0 Å². The fourth-order valence-electron chi connectivity index (χ4n) is 4.74. The third-order valence-electron chi connectivity index (χ3n) is 6.55. The zero-order valence-corrected chi connectivity index (χ0v) is 19.2. The Morgan fingerprint density at radius 3 is 2.68 bits per heavy atom. The van der Waals surface area contributed by atoms with Crippen LogP contribution < -0.4 is 0 Å². The standard InChI is InChI=1S/C28H25N3O3/c1-18-22(11-12-24-25(18)17-34-28(24)33)27(32)16-30(2)14-19-7-9-21(10-8-19)31-15-20(13-29)23-5-3-4-6-26(23)31/h3-12,15,27,32H,14,16-17H2,1-2H3. The van der Waals surface area contributed by atoms with Crippen molar-refractivity contribution in [1.82, 2.24) is 9.47 Å². The van der Waals surface area contributed by atoms with Crippen LogP contribution in [0.2, 0.25) is 0 Å². The Morgan fingerprint density at radius 1 is 1.15 bits per heavy atom. The van der Waals surface area contributed by atoms with Crippen LogP contribution in [0, 0.1) is 18.3 Å². The topological polar surface area (TPSA) is 78.5 Å². The average Bonchev–Trinajstić information content (AvgIpc) is 3.41. The Morgan fingerprint density at radius 2 is 1.91 bits per heavy atom. The molecule has 34 heavy (non-hydrogen) atoms. The van der Waals surface area contributed by atoms with Crippen LogP contribution in [0.3, 0.4) is 0 Å². The van der Waals surface area contributed by atoms with Gasteiger partial charge >= 0.3 is 5.97 Å². The first-order valence-corrected chi connectivity index (χ1v) is 11.2. The molecule has 4 aromatic rings. The van der Waals surface area contributed by atoms with E-state index in [-0.39, 0.29) is 12.6 Å². The molecule has 6 heteroatoms. The minimum atomic E-state index is -0.666. The summed E-state index contributed by atoms with van der Waals surface area (Å²) in [5.74, 6) is -0.295. The molecular weight excluding hydrogens is 426 g/mol. The molecule has 0 aliphatic carbocycles. The molecule has 0 saturated heterocycles. The molecule has 6 nitrogen and oxygen atoms in total. The second-order valence-corrected chi connectivity index (χ2v) is 8.80. The number of hydrogen-bond acceptors (Lipinski definition) is 5. The molecule has 0 fully saturated rings. The first kappa shape index (κ1) is 21.9. The minimum Gasteiger partial charge on any atom is -0.457 e. The van der Waals surface area contributed by atoms with Crippen molar-refractivity contribution < 1.29 is 14.6 Å². The van der Waals surface area contributed by atoms with Crippen molar-refractivity contribution in [3.8, 4) is 11.8 Å². The lowest BCUT2D eigenvalue weighted by Gasteiger charge is -2.22. The number of esters is 1.